The number of benzene rings is 1. The molecule has 3 rings (SSSR count). The van der Waals surface area contributed by atoms with Crippen molar-refractivity contribution in [1.82, 2.24) is 20.5 Å². The van der Waals surface area contributed by atoms with Gasteiger partial charge in [-0.15, -0.1) is 24.0 Å². The van der Waals surface area contributed by atoms with Crippen LogP contribution in [0.4, 0.5) is 19.0 Å². The number of halogens is 4. The average Bonchev–Trinajstić information content (AvgIpc) is 3.09. The lowest BCUT2D eigenvalue weighted by Crippen LogP contribution is -2.46. The third kappa shape index (κ3) is 7.50. The Bertz CT molecular complexity index is 814. The summed E-state index contributed by atoms with van der Waals surface area (Å²) in [6, 6.07) is 11.8. The molecule has 1 aliphatic rings. The van der Waals surface area contributed by atoms with Crippen LogP contribution in [0.5, 0.6) is 0 Å². The number of fused-ring (bicyclic) bond motifs is 1. The quantitative estimate of drug-likeness (QED) is 0.236. The molecule has 3 N–H and O–H groups in total. The van der Waals surface area contributed by atoms with Gasteiger partial charge in [0.05, 0.1) is 12.1 Å². The number of alkyl halides is 3. The third-order valence-electron chi connectivity index (χ3n) is 4.56. The first-order valence-electron chi connectivity index (χ1n) is 9.29. The molecule has 1 atom stereocenters. The molecule has 0 radical (unpaired) electrons. The van der Waals surface area contributed by atoms with Gasteiger partial charge in [-0.2, -0.15) is 13.2 Å². The van der Waals surface area contributed by atoms with E-state index in [-0.39, 0.29) is 30.0 Å². The van der Waals surface area contributed by atoms with Crippen LogP contribution >= 0.6 is 24.0 Å². The Morgan fingerprint density at radius 3 is 2.76 bits per heavy atom. The summed E-state index contributed by atoms with van der Waals surface area (Å²) in [6.07, 6.45) is -3.49. The molecule has 0 saturated carbocycles. The van der Waals surface area contributed by atoms with E-state index in [0.717, 1.165) is 16.7 Å². The Kier molecular flexibility index (Phi) is 8.75. The van der Waals surface area contributed by atoms with E-state index >= 15 is 0 Å². The minimum absolute atomic E-state index is 0. The lowest BCUT2D eigenvalue weighted by atomic mass is 10.2. The number of pyridine rings is 1. The van der Waals surface area contributed by atoms with Gasteiger partial charge in [-0.25, -0.2) is 4.98 Å². The van der Waals surface area contributed by atoms with Crippen LogP contribution in [0, 0.1) is 0 Å². The highest BCUT2D eigenvalue weighted by Gasteiger charge is 2.34. The van der Waals surface area contributed by atoms with E-state index in [1.54, 1.807) is 7.05 Å². The molecule has 1 unspecified atom stereocenters. The molecule has 0 bridgehead atoms. The van der Waals surface area contributed by atoms with Gasteiger partial charge in [0.1, 0.15) is 5.82 Å². The van der Waals surface area contributed by atoms with Crippen LogP contribution in [0.25, 0.3) is 10.9 Å². The van der Waals surface area contributed by atoms with Gasteiger partial charge in [0, 0.05) is 44.7 Å². The number of aliphatic imine (C=N–C) groups is 1. The molecule has 1 saturated heterocycles. The number of hydrogen-bond donors (Lipinski definition) is 3. The third-order valence-corrected chi connectivity index (χ3v) is 4.56. The maximum atomic E-state index is 12.5. The molecule has 1 aromatic carbocycles. The van der Waals surface area contributed by atoms with Crippen molar-refractivity contribution in [3.8, 4) is 0 Å². The Morgan fingerprint density at radius 1 is 1.21 bits per heavy atom. The first kappa shape index (κ1) is 23.5. The smallest absolute Gasteiger partial charge is 0.368 e. The molecule has 1 aromatic heterocycles. The van der Waals surface area contributed by atoms with E-state index in [4.69, 9.17) is 0 Å². The summed E-state index contributed by atoms with van der Waals surface area (Å²) in [4.78, 5) is 10.1. The van der Waals surface area contributed by atoms with Gasteiger partial charge in [-0.05, 0) is 24.6 Å². The van der Waals surface area contributed by atoms with Gasteiger partial charge >= 0.3 is 6.18 Å². The van der Waals surface area contributed by atoms with E-state index < -0.39 is 12.7 Å². The number of nitrogens with one attached hydrogen (secondary N) is 3. The van der Waals surface area contributed by atoms with Gasteiger partial charge < -0.3 is 16.0 Å². The highest BCUT2D eigenvalue weighted by molar-refractivity contribution is 14.0. The van der Waals surface area contributed by atoms with Gasteiger partial charge in [0.15, 0.2) is 5.96 Å². The number of nitrogens with zero attached hydrogens (tertiary/aromatic N) is 3. The number of guanidine groups is 1. The molecule has 6 nitrogen and oxygen atoms in total. The molecule has 0 aliphatic carbocycles. The van der Waals surface area contributed by atoms with E-state index in [9.17, 15) is 13.2 Å². The predicted octanol–water partition coefficient (Wildman–Crippen LogP) is 3.07. The maximum Gasteiger partial charge on any atom is 0.401 e. The maximum absolute atomic E-state index is 12.5. The molecule has 160 valence electrons. The van der Waals surface area contributed by atoms with Crippen LogP contribution < -0.4 is 16.0 Å². The summed E-state index contributed by atoms with van der Waals surface area (Å²) in [5.41, 5.74) is 0.933. The largest absolute Gasteiger partial charge is 0.401 e. The van der Waals surface area contributed by atoms with Gasteiger partial charge in [0.2, 0.25) is 0 Å². The van der Waals surface area contributed by atoms with E-state index in [1.807, 2.05) is 36.4 Å². The Morgan fingerprint density at radius 2 is 2.00 bits per heavy atom. The summed E-state index contributed by atoms with van der Waals surface area (Å²) in [7, 11) is 1.65. The molecular formula is C19H26F3IN6. The summed E-state index contributed by atoms with van der Waals surface area (Å²) < 4.78 is 37.5. The lowest BCUT2D eigenvalue weighted by molar-refractivity contribution is -0.143. The Balaban J connectivity index is 0.00000300. The van der Waals surface area contributed by atoms with E-state index in [2.05, 4.69) is 25.9 Å². The Hall–Kier alpha value is -1.82. The van der Waals surface area contributed by atoms with Crippen molar-refractivity contribution in [2.24, 2.45) is 4.99 Å². The van der Waals surface area contributed by atoms with E-state index in [1.165, 1.54) is 4.90 Å². The van der Waals surface area contributed by atoms with Crippen LogP contribution in [0.3, 0.4) is 0 Å². The van der Waals surface area contributed by atoms with Crippen molar-refractivity contribution in [2.45, 2.75) is 18.6 Å². The number of rotatable bonds is 6. The van der Waals surface area contributed by atoms with E-state index in [0.29, 0.717) is 38.6 Å². The molecule has 0 amide bonds. The second kappa shape index (κ2) is 10.8. The van der Waals surface area contributed by atoms with Crippen molar-refractivity contribution < 1.29 is 13.2 Å². The van der Waals surface area contributed by atoms with Crippen molar-refractivity contribution in [2.75, 3.05) is 45.1 Å². The second-order valence-electron chi connectivity index (χ2n) is 6.80. The van der Waals surface area contributed by atoms with Gasteiger partial charge in [-0.3, -0.25) is 9.89 Å². The second-order valence-corrected chi connectivity index (χ2v) is 6.80. The fourth-order valence-electron chi connectivity index (χ4n) is 3.27. The number of anilines is 1. The lowest BCUT2D eigenvalue weighted by Gasteiger charge is -2.20. The minimum Gasteiger partial charge on any atom is -0.368 e. The molecule has 29 heavy (non-hydrogen) atoms. The van der Waals surface area contributed by atoms with Crippen LogP contribution in [0.1, 0.15) is 6.42 Å². The number of likely N-dealkylation sites (tertiary alicyclic amines) is 1. The van der Waals surface area contributed by atoms with Crippen LogP contribution in [-0.2, 0) is 0 Å². The minimum atomic E-state index is -4.16. The Labute approximate surface area is 185 Å². The average molecular weight is 522 g/mol. The first-order valence-corrected chi connectivity index (χ1v) is 9.29. The topological polar surface area (TPSA) is 64.6 Å². The summed E-state index contributed by atoms with van der Waals surface area (Å²) in [6.45, 7) is 1.17. The fraction of sp³-hybridized carbons (Fsp3) is 0.474. The van der Waals surface area contributed by atoms with Crippen molar-refractivity contribution >= 4 is 46.7 Å². The molecule has 1 aliphatic heterocycles. The zero-order chi connectivity index (χ0) is 20.0. The molecule has 2 aromatic rings. The van der Waals surface area contributed by atoms with Crippen LogP contribution in [0.2, 0.25) is 0 Å². The van der Waals surface area contributed by atoms with Crippen molar-refractivity contribution in [1.29, 1.82) is 0 Å². The monoisotopic (exact) mass is 522 g/mol. The van der Waals surface area contributed by atoms with Crippen LogP contribution in [0.15, 0.2) is 41.4 Å². The molecular weight excluding hydrogens is 496 g/mol. The summed E-state index contributed by atoms with van der Waals surface area (Å²) in [5, 5.41) is 10.7. The number of hydrogen-bond acceptors (Lipinski definition) is 4. The molecule has 1 fully saturated rings. The zero-order valence-corrected chi connectivity index (χ0v) is 18.5. The predicted molar refractivity (Wildman–Crippen MR) is 121 cm³/mol. The van der Waals surface area contributed by atoms with Crippen molar-refractivity contribution in [3.63, 3.8) is 0 Å². The number of aromatic nitrogens is 1. The number of para-hydroxylation sites is 1. The standard InChI is InChI=1S/C19H25F3N6.HI/c1-23-18(26-15-8-11-28(12-15)13-19(20,21)22)25-10-9-24-17-7-6-14-4-2-3-5-16(14)27-17;/h2-7,15H,8-13H2,1H3,(H,24,27)(H2,23,25,26);1H. The normalized spacial score (nSPS) is 17.8. The first-order chi connectivity index (χ1) is 13.4. The molecule has 10 heteroatoms. The summed E-state index contributed by atoms with van der Waals surface area (Å²) >= 11 is 0. The zero-order valence-electron chi connectivity index (χ0n) is 16.2. The van der Waals surface area contributed by atoms with Crippen molar-refractivity contribution in [3.05, 3.63) is 36.4 Å². The highest BCUT2D eigenvalue weighted by atomic mass is 127. The molecule has 2 heterocycles. The van der Waals surface area contributed by atoms with Gasteiger partial charge in [-0.1, -0.05) is 18.2 Å². The SMILES string of the molecule is CN=C(NCCNc1ccc2ccccc2n1)NC1CCN(CC(F)(F)F)C1.I. The highest BCUT2D eigenvalue weighted by Crippen LogP contribution is 2.20. The summed E-state index contributed by atoms with van der Waals surface area (Å²) in [5.74, 6) is 1.38. The van der Waals surface area contributed by atoms with Crippen LogP contribution in [-0.4, -0.2) is 67.8 Å². The fourth-order valence-corrected chi connectivity index (χ4v) is 3.27. The molecule has 0 spiro atoms. The van der Waals surface area contributed by atoms with Gasteiger partial charge in [0.25, 0.3) is 0 Å².